The maximum Gasteiger partial charge on any atom is 0.145 e. The topological polar surface area (TPSA) is 18.5 Å². The first kappa shape index (κ1) is 15.6. The van der Waals surface area contributed by atoms with E-state index in [-0.39, 0.29) is 5.02 Å². The molecule has 6 heteroatoms. The summed E-state index contributed by atoms with van der Waals surface area (Å²) >= 11 is 12.4. The van der Waals surface area contributed by atoms with E-state index >= 15 is 0 Å². The van der Waals surface area contributed by atoms with Crippen molar-refractivity contribution < 1.29 is 13.9 Å². The van der Waals surface area contributed by atoms with Crippen molar-refractivity contribution in [3.63, 3.8) is 0 Å². The molecule has 0 aliphatic rings. The Kier molecular flexibility index (Phi) is 5.29. The lowest BCUT2D eigenvalue weighted by atomic mass is 10.2. The number of methoxy groups -OCH3 is 1. The fourth-order valence-corrected chi connectivity index (χ4v) is 2.92. The lowest BCUT2D eigenvalue weighted by Gasteiger charge is -2.10. The van der Waals surface area contributed by atoms with Gasteiger partial charge in [-0.3, -0.25) is 0 Å². The maximum atomic E-state index is 13.4. The summed E-state index contributed by atoms with van der Waals surface area (Å²) in [5, 5.41) is 0.0522. The van der Waals surface area contributed by atoms with E-state index in [1.807, 2.05) is 18.2 Å². The predicted octanol–water partition coefficient (Wildman–Crippen LogP) is 5.59. The van der Waals surface area contributed by atoms with Gasteiger partial charge >= 0.3 is 0 Å². The van der Waals surface area contributed by atoms with Gasteiger partial charge in [-0.05, 0) is 55.6 Å². The molecule has 0 radical (unpaired) electrons. The number of hydrogen-bond acceptors (Lipinski definition) is 2. The van der Waals surface area contributed by atoms with Gasteiger partial charge in [0.2, 0.25) is 0 Å². The van der Waals surface area contributed by atoms with Crippen LogP contribution in [-0.4, -0.2) is 7.11 Å². The minimum Gasteiger partial charge on any atom is -0.496 e. The molecular formula is C14H10Br2ClFO2. The second kappa shape index (κ2) is 6.78. The molecule has 0 saturated heterocycles. The fourth-order valence-electron chi connectivity index (χ4n) is 1.58. The van der Waals surface area contributed by atoms with Crippen molar-refractivity contribution in [3.8, 4) is 11.5 Å². The van der Waals surface area contributed by atoms with E-state index in [1.54, 1.807) is 7.11 Å². The van der Waals surface area contributed by atoms with Crippen LogP contribution in [0.1, 0.15) is 5.56 Å². The first-order valence-corrected chi connectivity index (χ1v) is 7.57. The molecule has 0 N–H and O–H groups in total. The summed E-state index contributed by atoms with van der Waals surface area (Å²) in [6.07, 6.45) is 0. The van der Waals surface area contributed by atoms with E-state index in [0.29, 0.717) is 16.8 Å². The summed E-state index contributed by atoms with van der Waals surface area (Å²) in [5.74, 6) is 0.632. The van der Waals surface area contributed by atoms with Gasteiger partial charge in [0, 0.05) is 6.07 Å². The summed E-state index contributed by atoms with van der Waals surface area (Å²) in [6.45, 7) is 0.308. The second-order valence-electron chi connectivity index (χ2n) is 3.95. The van der Waals surface area contributed by atoms with Gasteiger partial charge in [0.25, 0.3) is 0 Å². The third-order valence-corrected chi connectivity index (χ3v) is 4.11. The normalized spacial score (nSPS) is 10.4. The zero-order valence-corrected chi connectivity index (χ0v) is 14.4. The summed E-state index contributed by atoms with van der Waals surface area (Å²) in [4.78, 5) is 0. The second-order valence-corrected chi connectivity index (χ2v) is 6.07. The molecule has 2 aromatic rings. The molecule has 0 atom stereocenters. The monoisotopic (exact) mass is 422 g/mol. The van der Waals surface area contributed by atoms with Gasteiger partial charge < -0.3 is 9.47 Å². The third kappa shape index (κ3) is 3.65. The average molecular weight is 424 g/mol. The Morgan fingerprint density at radius 2 is 1.80 bits per heavy atom. The van der Waals surface area contributed by atoms with E-state index in [4.69, 9.17) is 21.1 Å². The molecule has 2 nitrogen and oxygen atoms in total. The fraction of sp³-hybridized carbons (Fsp3) is 0.143. The largest absolute Gasteiger partial charge is 0.496 e. The zero-order chi connectivity index (χ0) is 14.7. The molecule has 0 spiro atoms. The van der Waals surface area contributed by atoms with Crippen LogP contribution >= 0.6 is 43.5 Å². The number of hydrogen-bond donors (Lipinski definition) is 0. The van der Waals surface area contributed by atoms with Crippen LogP contribution < -0.4 is 9.47 Å². The van der Waals surface area contributed by atoms with Crippen LogP contribution in [-0.2, 0) is 6.61 Å². The Bertz CT molecular complexity index is 635. The molecule has 0 bridgehead atoms. The number of benzene rings is 2. The Hall–Kier alpha value is -0.780. The van der Waals surface area contributed by atoms with Crippen molar-refractivity contribution in [2.75, 3.05) is 7.11 Å². The van der Waals surface area contributed by atoms with Gasteiger partial charge in [-0.15, -0.1) is 0 Å². The van der Waals surface area contributed by atoms with Gasteiger partial charge in [0.1, 0.15) is 23.9 Å². The lowest BCUT2D eigenvalue weighted by Crippen LogP contribution is -1.97. The van der Waals surface area contributed by atoms with Crippen molar-refractivity contribution in [2.24, 2.45) is 0 Å². The molecule has 0 amide bonds. The standard InChI is InChI=1S/C14H10Br2ClFO2/c1-19-13-3-2-8(4-9(13)15)7-20-14-6-12(18)11(17)5-10(14)16/h2-6H,7H2,1H3. The molecule has 0 heterocycles. The van der Waals surface area contributed by atoms with Crippen molar-refractivity contribution in [3.05, 3.63) is 55.7 Å². The van der Waals surface area contributed by atoms with E-state index in [9.17, 15) is 4.39 Å². The molecule has 2 rings (SSSR count). The molecule has 106 valence electrons. The summed E-state index contributed by atoms with van der Waals surface area (Å²) in [7, 11) is 1.60. The summed E-state index contributed by atoms with van der Waals surface area (Å²) in [6, 6.07) is 8.32. The number of ether oxygens (including phenoxy) is 2. The van der Waals surface area contributed by atoms with E-state index in [1.165, 1.54) is 12.1 Å². The summed E-state index contributed by atoms with van der Waals surface area (Å²) < 4.78 is 25.6. The SMILES string of the molecule is COc1ccc(COc2cc(F)c(Cl)cc2Br)cc1Br. The van der Waals surface area contributed by atoms with Crippen molar-refractivity contribution >= 4 is 43.5 Å². The molecule has 0 aliphatic carbocycles. The first-order valence-electron chi connectivity index (χ1n) is 5.61. The smallest absolute Gasteiger partial charge is 0.145 e. The molecule has 0 fully saturated rings. The molecule has 2 aromatic carbocycles. The first-order chi connectivity index (χ1) is 9.51. The maximum absolute atomic E-state index is 13.4. The Balaban J connectivity index is 2.13. The molecular weight excluding hydrogens is 414 g/mol. The minimum absolute atomic E-state index is 0.0522. The predicted molar refractivity (Wildman–Crippen MR) is 84.1 cm³/mol. The van der Waals surface area contributed by atoms with E-state index < -0.39 is 5.82 Å². The molecule has 0 unspecified atom stereocenters. The van der Waals surface area contributed by atoms with Crippen LogP contribution in [0.15, 0.2) is 39.3 Å². The van der Waals surface area contributed by atoms with Crippen molar-refractivity contribution in [1.82, 2.24) is 0 Å². The van der Waals surface area contributed by atoms with E-state index in [0.717, 1.165) is 15.8 Å². The molecule has 20 heavy (non-hydrogen) atoms. The van der Waals surface area contributed by atoms with Gasteiger partial charge in [-0.25, -0.2) is 4.39 Å². The zero-order valence-electron chi connectivity index (χ0n) is 10.4. The molecule has 0 aliphatic heterocycles. The van der Waals surface area contributed by atoms with Crippen molar-refractivity contribution in [1.29, 1.82) is 0 Å². The Labute approximate surface area is 138 Å². The van der Waals surface area contributed by atoms with E-state index in [2.05, 4.69) is 31.9 Å². The lowest BCUT2D eigenvalue weighted by molar-refractivity contribution is 0.302. The highest BCUT2D eigenvalue weighted by Crippen LogP contribution is 2.31. The Morgan fingerprint density at radius 1 is 1.10 bits per heavy atom. The highest BCUT2D eigenvalue weighted by Gasteiger charge is 2.09. The molecule has 0 saturated carbocycles. The number of rotatable bonds is 4. The summed E-state index contributed by atoms with van der Waals surface area (Å²) in [5.41, 5.74) is 0.930. The van der Waals surface area contributed by atoms with Crippen LogP contribution in [0.2, 0.25) is 5.02 Å². The van der Waals surface area contributed by atoms with Gasteiger partial charge in [-0.2, -0.15) is 0 Å². The van der Waals surface area contributed by atoms with Crippen LogP contribution in [0.5, 0.6) is 11.5 Å². The van der Waals surface area contributed by atoms with Crippen LogP contribution in [0, 0.1) is 5.82 Å². The quantitative estimate of drug-likeness (QED) is 0.596. The molecule has 0 aromatic heterocycles. The van der Waals surface area contributed by atoms with Gasteiger partial charge in [0.05, 0.1) is 21.1 Å². The van der Waals surface area contributed by atoms with Crippen LogP contribution in [0.3, 0.4) is 0 Å². The highest BCUT2D eigenvalue weighted by atomic mass is 79.9. The van der Waals surface area contributed by atoms with Gasteiger partial charge in [0.15, 0.2) is 0 Å². The average Bonchev–Trinajstić information content (AvgIpc) is 2.41. The van der Waals surface area contributed by atoms with Crippen LogP contribution in [0.4, 0.5) is 4.39 Å². The number of halogens is 4. The van der Waals surface area contributed by atoms with Gasteiger partial charge in [-0.1, -0.05) is 17.7 Å². The Morgan fingerprint density at radius 3 is 2.45 bits per heavy atom. The third-order valence-electron chi connectivity index (χ3n) is 2.59. The van der Waals surface area contributed by atoms with Crippen molar-refractivity contribution in [2.45, 2.75) is 6.61 Å². The highest BCUT2D eigenvalue weighted by molar-refractivity contribution is 9.10. The van der Waals surface area contributed by atoms with Crippen LogP contribution in [0.25, 0.3) is 0 Å². The minimum atomic E-state index is -0.513.